The molecule has 0 aromatic heterocycles. The van der Waals surface area contributed by atoms with E-state index in [-0.39, 0.29) is 31.5 Å². The molecule has 1 unspecified atom stereocenters. The van der Waals surface area contributed by atoms with Crippen molar-refractivity contribution in [3.63, 3.8) is 0 Å². The molecule has 0 aromatic carbocycles. The lowest BCUT2D eigenvalue weighted by atomic mass is 9.87. The molecular weight excluding hydrogens is 811 g/mol. The average Bonchev–Trinajstić information content (AvgIpc) is 3.05. The van der Waals surface area contributed by atoms with E-state index in [1.54, 1.807) is 0 Å². The van der Waals surface area contributed by atoms with E-state index < -0.39 is 84.8 Å². The van der Waals surface area contributed by atoms with Crippen molar-refractivity contribution >= 4 is 17.7 Å². The summed E-state index contributed by atoms with van der Waals surface area (Å²) in [5, 5.41) is 17.7. The van der Waals surface area contributed by atoms with E-state index in [2.05, 4.69) is 0 Å². The first kappa shape index (κ1) is 53.4. The number of Topliss-reactive ketones (excluding diaryl/α,β-unsaturated/α-hetero) is 1. The monoisotopic (exact) mass is 858 g/mol. The van der Waals surface area contributed by atoms with Crippen LogP contribution >= 0.6 is 0 Å². The highest BCUT2D eigenvalue weighted by atomic mass is 19.4. The van der Waals surface area contributed by atoms with E-state index in [0.29, 0.717) is 25.7 Å². The second kappa shape index (κ2) is 22.0. The maximum Gasteiger partial charge on any atom is 0.460 e. The van der Waals surface area contributed by atoms with Crippen LogP contribution < -0.4 is 0 Å². The van der Waals surface area contributed by atoms with Gasteiger partial charge in [-0.3, -0.25) is 14.4 Å². The van der Waals surface area contributed by atoms with Crippen LogP contribution in [0.25, 0.3) is 0 Å². The van der Waals surface area contributed by atoms with Gasteiger partial charge in [0.1, 0.15) is 5.78 Å². The molecule has 0 radical (unpaired) electrons. The molecule has 0 saturated heterocycles. The number of carboxylic acids is 2. The first-order valence-corrected chi connectivity index (χ1v) is 18.0. The SMILES string of the molecule is O=C(O)CC(CC(=O)CCCCCCCCCCCCCCCCCCCCC(F)(F)C(F)(F)C(F)(F)C(F)(F)C(F)(F)C(F)(F)C(F)(F)C(F)(F)F)C(=O)O. The van der Waals surface area contributed by atoms with E-state index in [1.165, 1.54) is 0 Å². The second-order valence-electron chi connectivity index (χ2n) is 13.9. The molecule has 332 valence electrons. The predicted molar refractivity (Wildman–Crippen MR) is 166 cm³/mol. The molecule has 1 atom stereocenters. The summed E-state index contributed by atoms with van der Waals surface area (Å²) in [5.41, 5.74) is 0. The predicted octanol–water partition coefficient (Wildman–Crippen LogP) is 12.9. The molecule has 0 heterocycles. The summed E-state index contributed by atoms with van der Waals surface area (Å²) in [6, 6.07) is 0. The highest BCUT2D eigenvalue weighted by molar-refractivity contribution is 5.86. The number of halogens is 17. The van der Waals surface area contributed by atoms with Crippen molar-refractivity contribution in [3.8, 4) is 0 Å². The van der Waals surface area contributed by atoms with Gasteiger partial charge in [-0.1, -0.05) is 103 Å². The fourth-order valence-electron chi connectivity index (χ4n) is 5.69. The zero-order valence-electron chi connectivity index (χ0n) is 30.2. The number of rotatable bonds is 32. The van der Waals surface area contributed by atoms with Gasteiger partial charge in [-0.2, -0.15) is 74.6 Å². The van der Waals surface area contributed by atoms with Gasteiger partial charge in [-0.05, 0) is 12.8 Å². The Balaban J connectivity index is 4.30. The third-order valence-electron chi connectivity index (χ3n) is 9.23. The van der Waals surface area contributed by atoms with E-state index >= 15 is 0 Å². The van der Waals surface area contributed by atoms with Gasteiger partial charge in [0.05, 0.1) is 12.3 Å². The number of carboxylic acid groups (broad SMARTS) is 2. The molecule has 0 saturated carbocycles. The Kier molecular flexibility index (Phi) is 21.0. The first-order valence-electron chi connectivity index (χ1n) is 18.0. The smallest absolute Gasteiger partial charge is 0.460 e. The molecule has 0 rings (SSSR count). The van der Waals surface area contributed by atoms with E-state index in [4.69, 9.17) is 10.2 Å². The normalized spacial score (nSPS) is 14.6. The molecule has 0 aliphatic heterocycles. The number of alkyl halides is 17. The Morgan fingerprint density at radius 3 is 0.964 bits per heavy atom. The summed E-state index contributed by atoms with van der Waals surface area (Å²) in [6.07, 6.45) is 0.0279. The summed E-state index contributed by atoms with van der Waals surface area (Å²) in [4.78, 5) is 33.6. The molecule has 0 aromatic rings. The Bertz CT molecular complexity index is 1210. The van der Waals surface area contributed by atoms with Crippen LogP contribution in [0.1, 0.15) is 141 Å². The van der Waals surface area contributed by atoms with Crippen LogP contribution in [-0.2, 0) is 14.4 Å². The van der Waals surface area contributed by atoms with Gasteiger partial charge in [-0.25, -0.2) is 0 Å². The molecule has 0 fully saturated rings. The van der Waals surface area contributed by atoms with Crippen LogP contribution in [0, 0.1) is 5.92 Å². The second-order valence-corrected chi connectivity index (χ2v) is 13.9. The number of carbonyl (C=O) groups excluding carboxylic acids is 1. The van der Waals surface area contributed by atoms with Crippen molar-refractivity contribution in [1.82, 2.24) is 0 Å². The number of aliphatic carboxylic acids is 2. The zero-order chi connectivity index (χ0) is 43.9. The Morgan fingerprint density at radius 2 is 0.661 bits per heavy atom. The molecule has 56 heavy (non-hydrogen) atoms. The minimum absolute atomic E-state index is 0.0466. The van der Waals surface area contributed by atoms with Crippen molar-refractivity contribution in [1.29, 1.82) is 0 Å². The highest BCUT2D eigenvalue weighted by Gasteiger charge is 2.95. The average molecular weight is 859 g/mol. The van der Waals surface area contributed by atoms with Crippen molar-refractivity contribution < 1.29 is 99.2 Å². The van der Waals surface area contributed by atoms with Gasteiger partial charge in [-0.15, -0.1) is 0 Å². The molecule has 5 nitrogen and oxygen atoms in total. The van der Waals surface area contributed by atoms with Gasteiger partial charge in [0.2, 0.25) is 0 Å². The molecule has 0 aliphatic rings. The molecule has 0 spiro atoms. The molecule has 22 heteroatoms. The molecular formula is C34H47F17O5. The lowest BCUT2D eigenvalue weighted by Gasteiger charge is -2.42. The van der Waals surface area contributed by atoms with Crippen LogP contribution in [-0.4, -0.2) is 75.6 Å². The lowest BCUT2D eigenvalue weighted by molar-refractivity contribution is -0.461. The molecule has 0 amide bonds. The Hall–Kier alpha value is -2.58. The molecule has 0 bridgehead atoms. The number of hydrogen-bond acceptors (Lipinski definition) is 3. The number of hydrogen-bond donors (Lipinski definition) is 2. The van der Waals surface area contributed by atoms with Crippen molar-refractivity contribution in [2.45, 2.75) is 189 Å². The summed E-state index contributed by atoms with van der Waals surface area (Å²) >= 11 is 0. The largest absolute Gasteiger partial charge is 0.481 e. The third-order valence-corrected chi connectivity index (χ3v) is 9.23. The Labute approximate surface area is 312 Å². The van der Waals surface area contributed by atoms with Gasteiger partial charge in [0, 0.05) is 19.3 Å². The quantitative estimate of drug-likeness (QED) is 0.0519. The fraction of sp³-hybridized carbons (Fsp3) is 0.912. The van der Waals surface area contributed by atoms with Crippen LogP contribution in [0.15, 0.2) is 0 Å². The Morgan fingerprint density at radius 1 is 0.375 bits per heavy atom. The number of carbonyl (C=O) groups is 3. The number of ketones is 1. The minimum atomic E-state index is -8.61. The van der Waals surface area contributed by atoms with Crippen molar-refractivity contribution in [2.24, 2.45) is 5.92 Å². The standard InChI is InChI=1S/C34H47F17O5/c35-27(36,28(37,38)29(39,40)30(41,42)31(43,44)32(45,46)33(47,48)34(49,50)51)20-18-16-14-12-10-8-6-4-2-1-3-5-7-9-11-13-15-17-19-24(52)21-23(26(55)56)22-25(53)54/h23H,1-22H2,(H,53,54)(H,55,56). The van der Waals surface area contributed by atoms with Crippen LogP contribution in [0.5, 0.6) is 0 Å². The number of unbranched alkanes of at least 4 members (excludes halogenated alkanes) is 17. The zero-order valence-corrected chi connectivity index (χ0v) is 30.2. The highest BCUT2D eigenvalue weighted by Crippen LogP contribution is 2.64. The van der Waals surface area contributed by atoms with Gasteiger partial charge in [0.25, 0.3) is 0 Å². The maximum absolute atomic E-state index is 14.0. The van der Waals surface area contributed by atoms with Gasteiger partial charge in [0.15, 0.2) is 0 Å². The van der Waals surface area contributed by atoms with E-state index in [9.17, 15) is 89.0 Å². The van der Waals surface area contributed by atoms with Gasteiger partial charge >= 0.3 is 59.6 Å². The molecule has 2 N–H and O–H groups in total. The van der Waals surface area contributed by atoms with E-state index in [0.717, 1.165) is 70.6 Å². The fourth-order valence-corrected chi connectivity index (χ4v) is 5.69. The summed E-state index contributed by atoms with van der Waals surface area (Å²) in [6.45, 7) is 0. The van der Waals surface area contributed by atoms with Crippen LogP contribution in [0.4, 0.5) is 74.6 Å². The lowest BCUT2D eigenvalue weighted by Crippen LogP contribution is -2.74. The van der Waals surface area contributed by atoms with E-state index in [1.807, 2.05) is 0 Å². The van der Waals surface area contributed by atoms with Gasteiger partial charge < -0.3 is 10.2 Å². The summed E-state index contributed by atoms with van der Waals surface area (Å²) in [7, 11) is 0. The molecule has 0 aliphatic carbocycles. The topological polar surface area (TPSA) is 91.7 Å². The third kappa shape index (κ3) is 14.1. The van der Waals surface area contributed by atoms with Crippen molar-refractivity contribution in [3.05, 3.63) is 0 Å². The van der Waals surface area contributed by atoms with Crippen molar-refractivity contribution in [2.75, 3.05) is 0 Å². The summed E-state index contributed by atoms with van der Waals surface area (Å²) in [5.74, 6) is -60.1. The van der Waals surface area contributed by atoms with Crippen LogP contribution in [0.3, 0.4) is 0 Å². The first-order chi connectivity index (χ1) is 25.4. The maximum atomic E-state index is 14.0. The minimum Gasteiger partial charge on any atom is -0.481 e. The summed E-state index contributed by atoms with van der Waals surface area (Å²) < 4.78 is 227. The van der Waals surface area contributed by atoms with Crippen LogP contribution in [0.2, 0.25) is 0 Å².